The molecule has 1 aliphatic rings. The summed E-state index contributed by atoms with van der Waals surface area (Å²) in [5, 5.41) is 0. The number of amides is 1. The van der Waals surface area contributed by atoms with E-state index >= 15 is 0 Å². The normalized spacial score (nSPS) is 21.1. The van der Waals surface area contributed by atoms with Crippen LogP contribution >= 0.6 is 0 Å². The average Bonchev–Trinajstić information content (AvgIpc) is 2.67. The Morgan fingerprint density at radius 2 is 2.43 bits per heavy atom. The highest BCUT2D eigenvalue weighted by atomic mass is 16.1. The number of nitrogens with zero attached hydrogens (tertiary/aromatic N) is 2. The predicted molar refractivity (Wildman–Crippen MR) is 53.5 cm³/mol. The minimum atomic E-state index is -0.312. The van der Waals surface area contributed by atoms with Crippen molar-refractivity contribution < 1.29 is 4.79 Å². The molecule has 0 unspecified atom stereocenters. The molecule has 0 spiro atoms. The lowest BCUT2D eigenvalue weighted by Crippen LogP contribution is -2.40. The SMILES string of the molecule is NC(=O)[C@H]1[CH]CCN1c1ccccn1. The zero-order chi connectivity index (χ0) is 9.97. The molecule has 73 valence electrons. The van der Waals surface area contributed by atoms with Crippen LogP contribution in [0, 0.1) is 6.42 Å². The Bertz CT molecular complexity index is 325. The lowest BCUT2D eigenvalue weighted by Gasteiger charge is -2.22. The van der Waals surface area contributed by atoms with Crippen LogP contribution in [0.1, 0.15) is 6.42 Å². The molecule has 1 radical (unpaired) electrons. The van der Waals surface area contributed by atoms with E-state index in [1.165, 1.54) is 0 Å². The number of aromatic nitrogens is 1. The molecule has 1 saturated heterocycles. The van der Waals surface area contributed by atoms with Gasteiger partial charge in [0.1, 0.15) is 11.9 Å². The maximum atomic E-state index is 11.1. The van der Waals surface area contributed by atoms with Gasteiger partial charge in [-0.05, 0) is 25.0 Å². The monoisotopic (exact) mass is 190 g/mol. The summed E-state index contributed by atoms with van der Waals surface area (Å²) in [5.74, 6) is 0.498. The van der Waals surface area contributed by atoms with Crippen LogP contribution in [0.3, 0.4) is 0 Å². The number of nitrogens with two attached hydrogens (primary N) is 1. The van der Waals surface area contributed by atoms with Crippen molar-refractivity contribution in [3.8, 4) is 0 Å². The first-order valence-corrected chi connectivity index (χ1v) is 4.59. The summed E-state index contributed by atoms with van der Waals surface area (Å²) in [4.78, 5) is 17.2. The summed E-state index contributed by atoms with van der Waals surface area (Å²) >= 11 is 0. The molecular formula is C10H12N3O. The fourth-order valence-electron chi connectivity index (χ4n) is 1.69. The Balaban J connectivity index is 2.22. The summed E-state index contributed by atoms with van der Waals surface area (Å²) in [6, 6.07) is 5.33. The molecule has 4 heteroatoms. The van der Waals surface area contributed by atoms with Crippen LogP contribution in [0.4, 0.5) is 5.82 Å². The molecule has 0 aromatic carbocycles. The van der Waals surface area contributed by atoms with Crippen molar-refractivity contribution in [2.75, 3.05) is 11.4 Å². The Kier molecular flexibility index (Phi) is 2.35. The third kappa shape index (κ3) is 1.55. The molecule has 0 saturated carbocycles. The van der Waals surface area contributed by atoms with E-state index in [4.69, 9.17) is 5.73 Å². The van der Waals surface area contributed by atoms with Gasteiger partial charge in [-0.1, -0.05) is 6.07 Å². The molecule has 4 nitrogen and oxygen atoms in total. The first kappa shape index (κ1) is 8.99. The second kappa shape index (κ2) is 3.65. The van der Waals surface area contributed by atoms with Crippen LogP contribution in [0.25, 0.3) is 0 Å². The number of pyridine rings is 1. The molecule has 0 bridgehead atoms. The molecule has 2 heterocycles. The van der Waals surface area contributed by atoms with Gasteiger partial charge in [-0.3, -0.25) is 4.79 Å². The lowest BCUT2D eigenvalue weighted by atomic mass is 10.2. The van der Waals surface area contributed by atoms with Crippen molar-refractivity contribution in [2.45, 2.75) is 12.5 Å². The van der Waals surface area contributed by atoms with Gasteiger partial charge in [0.25, 0.3) is 0 Å². The predicted octanol–water partition coefficient (Wildman–Crippen LogP) is 0.350. The summed E-state index contributed by atoms with van der Waals surface area (Å²) in [7, 11) is 0. The maximum Gasteiger partial charge on any atom is 0.240 e. The summed E-state index contributed by atoms with van der Waals surface area (Å²) < 4.78 is 0. The van der Waals surface area contributed by atoms with E-state index < -0.39 is 0 Å². The van der Waals surface area contributed by atoms with Crippen molar-refractivity contribution in [3.63, 3.8) is 0 Å². The van der Waals surface area contributed by atoms with E-state index in [1.54, 1.807) is 6.20 Å². The van der Waals surface area contributed by atoms with Crippen LogP contribution in [-0.2, 0) is 4.79 Å². The highest BCUT2D eigenvalue weighted by Gasteiger charge is 2.29. The Morgan fingerprint density at radius 3 is 3.07 bits per heavy atom. The molecule has 14 heavy (non-hydrogen) atoms. The van der Waals surface area contributed by atoms with E-state index in [-0.39, 0.29) is 11.9 Å². The fourth-order valence-corrected chi connectivity index (χ4v) is 1.69. The number of hydrogen-bond donors (Lipinski definition) is 1. The smallest absolute Gasteiger partial charge is 0.240 e. The van der Waals surface area contributed by atoms with Gasteiger partial charge in [-0.2, -0.15) is 0 Å². The van der Waals surface area contributed by atoms with E-state index in [1.807, 2.05) is 29.5 Å². The lowest BCUT2D eigenvalue weighted by molar-refractivity contribution is -0.118. The van der Waals surface area contributed by atoms with Gasteiger partial charge in [0.15, 0.2) is 0 Å². The minimum Gasteiger partial charge on any atom is -0.368 e. The van der Waals surface area contributed by atoms with Gasteiger partial charge in [-0.15, -0.1) is 0 Å². The van der Waals surface area contributed by atoms with Crippen LogP contribution in [0.5, 0.6) is 0 Å². The molecule has 1 aromatic heterocycles. The van der Waals surface area contributed by atoms with Crippen LogP contribution < -0.4 is 10.6 Å². The van der Waals surface area contributed by atoms with Crippen LogP contribution in [-0.4, -0.2) is 23.5 Å². The van der Waals surface area contributed by atoms with E-state index in [9.17, 15) is 4.79 Å². The van der Waals surface area contributed by atoms with Crippen LogP contribution in [0.2, 0.25) is 0 Å². The van der Waals surface area contributed by atoms with Crippen molar-refractivity contribution in [3.05, 3.63) is 30.8 Å². The third-order valence-electron chi connectivity index (χ3n) is 2.33. The van der Waals surface area contributed by atoms with Crippen molar-refractivity contribution in [2.24, 2.45) is 5.73 Å². The summed E-state index contributed by atoms with van der Waals surface area (Å²) in [6.07, 6.45) is 4.52. The Hall–Kier alpha value is -1.58. The highest BCUT2D eigenvalue weighted by molar-refractivity contribution is 5.85. The second-order valence-electron chi connectivity index (χ2n) is 3.25. The van der Waals surface area contributed by atoms with Gasteiger partial charge < -0.3 is 10.6 Å². The van der Waals surface area contributed by atoms with Gasteiger partial charge in [0, 0.05) is 12.7 Å². The first-order chi connectivity index (χ1) is 6.79. The molecule has 1 aromatic rings. The average molecular weight is 190 g/mol. The topological polar surface area (TPSA) is 59.2 Å². The number of hydrogen-bond acceptors (Lipinski definition) is 3. The number of rotatable bonds is 2. The molecule has 2 rings (SSSR count). The van der Waals surface area contributed by atoms with Gasteiger partial charge >= 0.3 is 0 Å². The van der Waals surface area contributed by atoms with Gasteiger partial charge in [0.05, 0.1) is 0 Å². The number of primary amides is 1. The van der Waals surface area contributed by atoms with Crippen LogP contribution in [0.15, 0.2) is 24.4 Å². The molecule has 2 N–H and O–H groups in total. The molecule has 1 aliphatic heterocycles. The Morgan fingerprint density at radius 1 is 1.57 bits per heavy atom. The van der Waals surface area contributed by atoms with Crippen molar-refractivity contribution in [1.29, 1.82) is 0 Å². The fraction of sp³-hybridized carbons (Fsp3) is 0.300. The maximum absolute atomic E-state index is 11.1. The number of carbonyl (C=O) groups excluding carboxylic acids is 1. The van der Waals surface area contributed by atoms with E-state index in [2.05, 4.69) is 4.98 Å². The second-order valence-corrected chi connectivity index (χ2v) is 3.25. The molecular weight excluding hydrogens is 178 g/mol. The zero-order valence-electron chi connectivity index (χ0n) is 7.76. The van der Waals surface area contributed by atoms with Gasteiger partial charge in [0.2, 0.25) is 5.91 Å². The summed E-state index contributed by atoms with van der Waals surface area (Å²) in [6.45, 7) is 0.810. The molecule has 1 fully saturated rings. The van der Waals surface area contributed by atoms with E-state index in [0.717, 1.165) is 18.8 Å². The summed E-state index contributed by atoms with van der Waals surface area (Å²) in [5.41, 5.74) is 5.29. The highest BCUT2D eigenvalue weighted by Crippen LogP contribution is 2.21. The Labute approximate surface area is 82.7 Å². The largest absolute Gasteiger partial charge is 0.368 e. The first-order valence-electron chi connectivity index (χ1n) is 4.59. The molecule has 0 aliphatic carbocycles. The van der Waals surface area contributed by atoms with E-state index in [0.29, 0.717) is 0 Å². The number of anilines is 1. The van der Waals surface area contributed by atoms with Crippen molar-refractivity contribution >= 4 is 11.7 Å². The zero-order valence-corrected chi connectivity index (χ0v) is 7.76. The quantitative estimate of drug-likeness (QED) is 0.732. The minimum absolute atomic E-state index is 0.301. The number of carbonyl (C=O) groups is 1. The molecule has 1 atom stereocenters. The van der Waals surface area contributed by atoms with Gasteiger partial charge in [-0.25, -0.2) is 4.98 Å². The molecule has 1 amide bonds. The van der Waals surface area contributed by atoms with Crippen molar-refractivity contribution in [1.82, 2.24) is 4.98 Å². The third-order valence-corrected chi connectivity index (χ3v) is 2.33. The standard InChI is InChI=1S/C10H12N3O/c11-10(14)8-4-3-7-13(8)9-5-1-2-6-12-9/h1-2,4-6,8H,3,7H2,(H2,11,14)/t8-/m1/s1.